The van der Waals surface area contributed by atoms with Gasteiger partial charge in [0.05, 0.1) is 33.6 Å². The van der Waals surface area contributed by atoms with Gasteiger partial charge in [0.2, 0.25) is 5.91 Å². The number of carbonyl (C=O) groups is 1. The number of benzene rings is 2. The molecule has 0 saturated heterocycles. The fourth-order valence-corrected chi connectivity index (χ4v) is 3.16. The summed E-state index contributed by atoms with van der Waals surface area (Å²) in [6, 6.07) is 6.00. The van der Waals surface area contributed by atoms with Crippen molar-refractivity contribution < 1.29 is 9.72 Å². The highest BCUT2D eigenvalue weighted by Gasteiger charge is 2.15. The number of nitrogens with zero attached hydrogens (tertiary/aromatic N) is 3. The number of H-pyrrole nitrogens is 1. The molecule has 1 heterocycles. The Morgan fingerprint density at radius 3 is 2.63 bits per heavy atom. The van der Waals surface area contributed by atoms with Crippen LogP contribution in [0.4, 0.5) is 5.69 Å². The van der Waals surface area contributed by atoms with Crippen LogP contribution in [0.1, 0.15) is 22.4 Å². The van der Waals surface area contributed by atoms with E-state index < -0.39 is 16.4 Å². The number of carbonyl (C=O) groups excluding carboxylic acids is 1. The number of aryl methyl sites for hydroxylation is 2. The van der Waals surface area contributed by atoms with Crippen molar-refractivity contribution in [2.24, 2.45) is 5.10 Å². The number of rotatable bonds is 5. The predicted molar refractivity (Wildman–Crippen MR) is 114 cm³/mol. The van der Waals surface area contributed by atoms with Crippen molar-refractivity contribution in [2.75, 3.05) is 0 Å². The molecule has 11 heteroatoms. The molecule has 0 spiro atoms. The summed E-state index contributed by atoms with van der Waals surface area (Å²) in [5, 5.41) is 14.7. The highest BCUT2D eigenvalue weighted by atomic mass is 35.5. The number of amides is 1. The predicted octanol–water partition coefficient (Wildman–Crippen LogP) is 3.45. The average molecular weight is 448 g/mol. The van der Waals surface area contributed by atoms with E-state index in [0.29, 0.717) is 11.0 Å². The normalized spacial score (nSPS) is 11.2. The van der Waals surface area contributed by atoms with Crippen molar-refractivity contribution in [2.45, 2.75) is 20.3 Å². The molecule has 30 heavy (non-hydrogen) atoms. The maximum atomic E-state index is 12.2. The van der Waals surface area contributed by atoms with Crippen molar-refractivity contribution in [3.63, 3.8) is 0 Å². The number of nitrogens with one attached hydrogen (secondary N) is 2. The second-order valence-electron chi connectivity index (χ2n) is 6.52. The summed E-state index contributed by atoms with van der Waals surface area (Å²) in [6.07, 6.45) is 0.845. The molecule has 3 aromatic rings. The van der Waals surface area contributed by atoms with Crippen molar-refractivity contribution in [1.82, 2.24) is 15.4 Å². The number of aromatic nitrogens is 2. The molecule has 0 fully saturated rings. The van der Waals surface area contributed by atoms with E-state index in [1.807, 2.05) is 26.0 Å². The molecule has 2 N–H and O–H groups in total. The second kappa shape index (κ2) is 8.60. The number of nitro groups is 1. The Morgan fingerprint density at radius 1 is 1.23 bits per heavy atom. The van der Waals surface area contributed by atoms with Gasteiger partial charge < -0.3 is 4.98 Å². The third-order valence-electron chi connectivity index (χ3n) is 4.36. The maximum absolute atomic E-state index is 12.2. The lowest BCUT2D eigenvalue weighted by Crippen LogP contribution is -2.25. The van der Waals surface area contributed by atoms with Crippen LogP contribution in [0.25, 0.3) is 11.0 Å². The lowest BCUT2D eigenvalue weighted by molar-refractivity contribution is -0.384. The Bertz CT molecular complexity index is 1270. The zero-order valence-electron chi connectivity index (χ0n) is 15.8. The number of nitro benzene ring substituents is 1. The minimum absolute atomic E-state index is 0.0404. The van der Waals surface area contributed by atoms with Crippen LogP contribution in [0.2, 0.25) is 10.0 Å². The van der Waals surface area contributed by atoms with Gasteiger partial charge in [-0.3, -0.25) is 19.7 Å². The van der Waals surface area contributed by atoms with E-state index in [9.17, 15) is 19.7 Å². The lowest BCUT2D eigenvalue weighted by Gasteiger charge is -2.05. The molecular formula is C19H15Cl2N5O4. The van der Waals surface area contributed by atoms with Crippen molar-refractivity contribution >= 4 is 52.0 Å². The fraction of sp³-hybridized carbons (Fsp3) is 0.158. The van der Waals surface area contributed by atoms with Gasteiger partial charge in [0.25, 0.3) is 11.2 Å². The monoisotopic (exact) mass is 447 g/mol. The molecule has 0 atom stereocenters. The Balaban J connectivity index is 1.76. The first-order valence-corrected chi connectivity index (χ1v) is 9.37. The molecule has 0 unspecified atom stereocenters. The van der Waals surface area contributed by atoms with E-state index in [1.54, 1.807) is 0 Å². The summed E-state index contributed by atoms with van der Waals surface area (Å²) in [6.45, 7) is 3.85. The molecule has 0 aliphatic rings. The number of hydrogen-bond acceptors (Lipinski definition) is 6. The van der Waals surface area contributed by atoms with E-state index in [4.69, 9.17) is 23.2 Å². The molecule has 0 radical (unpaired) electrons. The van der Waals surface area contributed by atoms with Crippen LogP contribution in [0.3, 0.4) is 0 Å². The van der Waals surface area contributed by atoms with Gasteiger partial charge in [0.1, 0.15) is 10.7 Å². The SMILES string of the molecule is Cc1cc2nc(CC(=O)N/N=C/c3cc([N+](=O)[O-])c(Cl)cc3Cl)c(=O)[nH]c2cc1C. The quantitative estimate of drug-likeness (QED) is 0.351. The lowest BCUT2D eigenvalue weighted by atomic mass is 10.1. The van der Waals surface area contributed by atoms with Crippen LogP contribution < -0.4 is 11.0 Å². The van der Waals surface area contributed by atoms with Crippen molar-refractivity contribution in [1.29, 1.82) is 0 Å². The average Bonchev–Trinajstić information content (AvgIpc) is 2.65. The minimum Gasteiger partial charge on any atom is -0.319 e. The van der Waals surface area contributed by atoms with E-state index in [0.717, 1.165) is 23.4 Å². The largest absolute Gasteiger partial charge is 0.319 e. The second-order valence-corrected chi connectivity index (χ2v) is 7.33. The maximum Gasteiger partial charge on any atom is 0.288 e. The molecule has 3 rings (SSSR count). The first kappa shape index (κ1) is 21.4. The van der Waals surface area contributed by atoms with Gasteiger partial charge in [-0.2, -0.15) is 5.10 Å². The number of hydrazone groups is 1. The molecule has 2 aromatic carbocycles. The smallest absolute Gasteiger partial charge is 0.288 e. The van der Waals surface area contributed by atoms with Crippen LogP contribution in [0.15, 0.2) is 34.2 Å². The summed E-state index contributed by atoms with van der Waals surface area (Å²) in [5.41, 5.74) is 4.85. The molecule has 0 aliphatic carbocycles. The summed E-state index contributed by atoms with van der Waals surface area (Å²) in [4.78, 5) is 41.6. The van der Waals surface area contributed by atoms with Crippen LogP contribution in [-0.2, 0) is 11.2 Å². The summed E-state index contributed by atoms with van der Waals surface area (Å²) in [5.74, 6) is -0.591. The third-order valence-corrected chi connectivity index (χ3v) is 4.99. The van der Waals surface area contributed by atoms with Crippen LogP contribution in [0, 0.1) is 24.0 Å². The van der Waals surface area contributed by atoms with Crippen LogP contribution in [-0.4, -0.2) is 27.0 Å². The van der Waals surface area contributed by atoms with Gasteiger partial charge in [-0.15, -0.1) is 0 Å². The topological polar surface area (TPSA) is 130 Å². The molecule has 1 amide bonds. The zero-order chi connectivity index (χ0) is 22.0. The molecular weight excluding hydrogens is 433 g/mol. The number of halogens is 2. The highest BCUT2D eigenvalue weighted by molar-refractivity contribution is 6.37. The Labute approximate surface area is 179 Å². The zero-order valence-corrected chi connectivity index (χ0v) is 17.3. The Kier molecular flexibility index (Phi) is 6.14. The van der Waals surface area contributed by atoms with Gasteiger partial charge in [0.15, 0.2) is 0 Å². The van der Waals surface area contributed by atoms with Gasteiger partial charge >= 0.3 is 0 Å². The molecule has 0 bridgehead atoms. The van der Waals surface area contributed by atoms with Gasteiger partial charge in [0, 0.05) is 11.6 Å². The first-order chi connectivity index (χ1) is 14.2. The van der Waals surface area contributed by atoms with E-state index in [-0.39, 0.29) is 33.4 Å². The van der Waals surface area contributed by atoms with E-state index in [2.05, 4.69) is 20.5 Å². The Hall–Kier alpha value is -3.30. The van der Waals surface area contributed by atoms with Gasteiger partial charge in [-0.25, -0.2) is 10.4 Å². The molecule has 0 saturated carbocycles. The summed E-state index contributed by atoms with van der Waals surface area (Å²) in [7, 11) is 0. The van der Waals surface area contributed by atoms with Crippen molar-refractivity contribution in [3.8, 4) is 0 Å². The first-order valence-electron chi connectivity index (χ1n) is 8.61. The van der Waals surface area contributed by atoms with Crippen LogP contribution in [0.5, 0.6) is 0 Å². The highest BCUT2D eigenvalue weighted by Crippen LogP contribution is 2.29. The van der Waals surface area contributed by atoms with E-state index >= 15 is 0 Å². The fourth-order valence-electron chi connectivity index (χ4n) is 2.66. The summed E-state index contributed by atoms with van der Waals surface area (Å²) >= 11 is 11.8. The summed E-state index contributed by atoms with van der Waals surface area (Å²) < 4.78 is 0. The van der Waals surface area contributed by atoms with E-state index in [1.165, 1.54) is 6.07 Å². The number of hydrogen-bond donors (Lipinski definition) is 2. The molecule has 1 aromatic heterocycles. The van der Waals surface area contributed by atoms with Gasteiger partial charge in [-0.05, 0) is 43.2 Å². The minimum atomic E-state index is -0.657. The van der Waals surface area contributed by atoms with Gasteiger partial charge in [-0.1, -0.05) is 23.2 Å². The number of fused-ring (bicyclic) bond motifs is 1. The standard InChI is InChI=1S/C19H15Cl2N5O4/c1-9-3-14-15(4-10(9)2)24-19(28)16(23-14)7-18(27)25-22-8-11-5-17(26(29)30)13(21)6-12(11)20/h3-6,8H,7H2,1-2H3,(H,24,28)(H,25,27)/b22-8+. The molecule has 154 valence electrons. The third kappa shape index (κ3) is 4.64. The Morgan fingerprint density at radius 2 is 1.93 bits per heavy atom. The van der Waals surface area contributed by atoms with Crippen molar-refractivity contribution in [3.05, 3.63) is 77.2 Å². The molecule has 9 nitrogen and oxygen atoms in total. The molecule has 0 aliphatic heterocycles. The number of aromatic amines is 1. The van der Waals surface area contributed by atoms with Crippen LogP contribution >= 0.6 is 23.2 Å².